The molecule has 6 fully saturated rings. The minimum absolute atomic E-state index is 0.223. The molecule has 9 nitrogen and oxygen atoms in total. The summed E-state index contributed by atoms with van der Waals surface area (Å²) in [6, 6.07) is 0. The van der Waals surface area contributed by atoms with Crippen LogP contribution in [0, 0.1) is 34.0 Å². The summed E-state index contributed by atoms with van der Waals surface area (Å²) in [7, 11) is 0. The molecule has 2 N–H and O–H groups in total. The Bertz CT molecular complexity index is 924. The fraction of sp³-hybridized carbons (Fsp3) is 0.857. The molecule has 0 aromatic carbocycles. The molecular weight excluding hydrogens is 396 g/mol. The first kappa shape index (κ1) is 19.0. The summed E-state index contributed by atoms with van der Waals surface area (Å²) in [5.74, 6) is -4.08. The van der Waals surface area contributed by atoms with Gasteiger partial charge in [0.1, 0.15) is 12.2 Å². The van der Waals surface area contributed by atoms with Gasteiger partial charge < -0.3 is 29.2 Å². The highest BCUT2D eigenvalue weighted by Crippen LogP contribution is 2.85. The van der Waals surface area contributed by atoms with E-state index in [0.717, 1.165) is 0 Å². The molecule has 2 spiro atoms. The number of carbonyl (C=O) groups excluding carboxylic acids is 3. The van der Waals surface area contributed by atoms with Gasteiger partial charge in [-0.25, -0.2) is 4.79 Å². The van der Waals surface area contributed by atoms with Crippen LogP contribution in [0.2, 0.25) is 0 Å². The van der Waals surface area contributed by atoms with Crippen molar-refractivity contribution in [3.05, 3.63) is 0 Å². The van der Waals surface area contributed by atoms with E-state index in [1.54, 1.807) is 6.92 Å². The van der Waals surface area contributed by atoms with Crippen LogP contribution >= 0.6 is 0 Å². The van der Waals surface area contributed by atoms with Gasteiger partial charge in [0, 0.05) is 0 Å². The lowest BCUT2D eigenvalue weighted by Crippen LogP contribution is -2.66. The topological polar surface area (TPSA) is 129 Å². The summed E-state index contributed by atoms with van der Waals surface area (Å²) in [5.41, 5.74) is -7.14. The number of hydrogen-bond donors (Lipinski definition) is 2. The molecule has 4 saturated heterocycles. The molecule has 0 bridgehead atoms. The predicted octanol–water partition coefficient (Wildman–Crippen LogP) is -0.0943. The van der Waals surface area contributed by atoms with Gasteiger partial charge in [0.25, 0.3) is 0 Å². The zero-order valence-electron chi connectivity index (χ0n) is 17.5. The molecule has 6 rings (SSSR count). The van der Waals surface area contributed by atoms with Crippen LogP contribution in [0.3, 0.4) is 0 Å². The third-order valence-electron chi connectivity index (χ3n) is 9.39. The molecule has 9 heteroatoms. The van der Waals surface area contributed by atoms with E-state index in [4.69, 9.17) is 18.9 Å². The van der Waals surface area contributed by atoms with Crippen molar-refractivity contribution in [2.24, 2.45) is 34.0 Å². The maximum atomic E-state index is 13.4. The van der Waals surface area contributed by atoms with E-state index in [-0.39, 0.29) is 11.3 Å². The summed E-state index contributed by atoms with van der Waals surface area (Å²) < 4.78 is 23.1. The van der Waals surface area contributed by atoms with E-state index in [1.807, 2.05) is 20.8 Å². The molecule has 5 unspecified atom stereocenters. The normalized spacial score (nSPS) is 60.1. The van der Waals surface area contributed by atoms with E-state index in [9.17, 15) is 24.6 Å². The van der Waals surface area contributed by atoms with Crippen molar-refractivity contribution in [1.29, 1.82) is 0 Å². The van der Waals surface area contributed by atoms with Gasteiger partial charge in [-0.3, -0.25) is 9.59 Å². The second-order valence-corrected chi connectivity index (χ2v) is 11.0. The fourth-order valence-electron chi connectivity index (χ4n) is 8.47. The standard InChI is InChI=1S/C21H26O9/c1-7-13(23)29-16-18(7)9(17(3,4)5)6-10-19(18)11(22)12-20(26,8(2)14(24)28-12)21(19,30-16)15(25)27-10/h7-12,16,22,26H,6H2,1-5H3/t7-,8+,9-,10?,11-,12?,16?,18?,19-,20+,21?/m0/s1. The number of esters is 3. The molecule has 11 atom stereocenters. The first-order valence-electron chi connectivity index (χ1n) is 10.5. The summed E-state index contributed by atoms with van der Waals surface area (Å²) in [4.78, 5) is 38.6. The molecular formula is C21H26O9. The first-order chi connectivity index (χ1) is 13.8. The largest absolute Gasteiger partial charge is 0.459 e. The van der Waals surface area contributed by atoms with Crippen LogP contribution in [0.4, 0.5) is 0 Å². The van der Waals surface area contributed by atoms with E-state index in [2.05, 4.69) is 0 Å². The highest BCUT2D eigenvalue weighted by molar-refractivity contribution is 5.93. The molecule has 4 heterocycles. The number of fused-ring (bicyclic) bond motifs is 1. The van der Waals surface area contributed by atoms with Crippen molar-refractivity contribution in [1.82, 2.24) is 0 Å². The SMILES string of the molecule is C[C@@H]1C(=O)OC2[C@H](O)[C@@]34C5C[C@@H](C(C)(C)C)C36C(OC(=O)[C@@H]6C)OC4(C(=O)O5)[C@]21O. The molecule has 2 aliphatic carbocycles. The van der Waals surface area contributed by atoms with E-state index in [0.29, 0.717) is 6.42 Å². The Morgan fingerprint density at radius 1 is 1.00 bits per heavy atom. The first-order valence-corrected chi connectivity index (χ1v) is 10.5. The smallest absolute Gasteiger partial charge is 0.343 e. The Morgan fingerprint density at radius 3 is 2.27 bits per heavy atom. The number of aliphatic hydroxyl groups is 2. The molecule has 0 radical (unpaired) electrons. The fourth-order valence-corrected chi connectivity index (χ4v) is 8.47. The van der Waals surface area contributed by atoms with E-state index in [1.165, 1.54) is 6.92 Å². The van der Waals surface area contributed by atoms with Gasteiger partial charge in [0.2, 0.25) is 11.9 Å². The van der Waals surface area contributed by atoms with Crippen LogP contribution in [0.25, 0.3) is 0 Å². The van der Waals surface area contributed by atoms with Crippen molar-refractivity contribution in [2.45, 2.75) is 76.8 Å². The molecule has 0 aromatic rings. The van der Waals surface area contributed by atoms with Crippen molar-refractivity contribution in [3.8, 4) is 0 Å². The molecule has 0 aromatic heterocycles. The molecule has 30 heavy (non-hydrogen) atoms. The van der Waals surface area contributed by atoms with Crippen molar-refractivity contribution in [3.63, 3.8) is 0 Å². The third kappa shape index (κ3) is 1.33. The average Bonchev–Trinajstić information content (AvgIpc) is 3.35. The summed E-state index contributed by atoms with van der Waals surface area (Å²) in [6.07, 6.45) is -4.35. The lowest BCUT2D eigenvalue weighted by molar-refractivity contribution is -0.239. The Kier molecular flexibility index (Phi) is 2.98. The van der Waals surface area contributed by atoms with Crippen LogP contribution in [-0.4, -0.2) is 63.9 Å². The summed E-state index contributed by atoms with van der Waals surface area (Å²) in [5, 5.41) is 23.7. The Hall–Kier alpha value is -1.71. The molecule has 164 valence electrons. The number of aliphatic hydroxyl groups excluding tert-OH is 1. The van der Waals surface area contributed by atoms with Crippen molar-refractivity contribution < 1.29 is 43.5 Å². The van der Waals surface area contributed by atoms with Crippen molar-refractivity contribution in [2.75, 3.05) is 0 Å². The van der Waals surface area contributed by atoms with Gasteiger partial charge in [-0.1, -0.05) is 27.7 Å². The van der Waals surface area contributed by atoms with Crippen molar-refractivity contribution >= 4 is 17.9 Å². The van der Waals surface area contributed by atoms with Gasteiger partial charge >= 0.3 is 17.9 Å². The third-order valence-corrected chi connectivity index (χ3v) is 9.39. The molecule has 4 aliphatic heterocycles. The Labute approximate surface area is 173 Å². The zero-order valence-corrected chi connectivity index (χ0v) is 17.5. The highest BCUT2D eigenvalue weighted by atomic mass is 16.7. The molecule has 0 amide bonds. The van der Waals surface area contributed by atoms with Crippen LogP contribution < -0.4 is 0 Å². The van der Waals surface area contributed by atoms with E-state index < -0.39 is 76.4 Å². The Morgan fingerprint density at radius 2 is 1.63 bits per heavy atom. The van der Waals surface area contributed by atoms with Gasteiger partial charge in [-0.2, -0.15) is 0 Å². The van der Waals surface area contributed by atoms with Crippen LogP contribution in [0.15, 0.2) is 0 Å². The second-order valence-electron chi connectivity index (χ2n) is 11.0. The lowest BCUT2D eigenvalue weighted by atomic mass is 9.49. The molecule has 6 aliphatic rings. The number of rotatable bonds is 0. The van der Waals surface area contributed by atoms with E-state index >= 15 is 0 Å². The maximum absolute atomic E-state index is 13.4. The van der Waals surface area contributed by atoms with Gasteiger partial charge in [0.05, 0.1) is 22.7 Å². The van der Waals surface area contributed by atoms with Crippen LogP contribution in [-0.2, 0) is 33.3 Å². The number of ether oxygens (including phenoxy) is 4. The predicted molar refractivity (Wildman–Crippen MR) is 95.2 cm³/mol. The Balaban J connectivity index is 1.72. The van der Waals surface area contributed by atoms with Crippen LogP contribution in [0.5, 0.6) is 0 Å². The quantitative estimate of drug-likeness (QED) is 0.406. The summed E-state index contributed by atoms with van der Waals surface area (Å²) in [6.45, 7) is 9.26. The molecule has 2 saturated carbocycles. The minimum Gasteiger partial charge on any atom is -0.459 e. The van der Waals surface area contributed by atoms with Gasteiger partial charge in [-0.05, 0) is 24.7 Å². The minimum atomic E-state index is -2.13. The monoisotopic (exact) mass is 422 g/mol. The second kappa shape index (κ2) is 4.71. The maximum Gasteiger partial charge on any atom is 0.343 e. The zero-order chi connectivity index (χ0) is 21.8. The number of hydrogen-bond acceptors (Lipinski definition) is 9. The van der Waals surface area contributed by atoms with Crippen LogP contribution in [0.1, 0.15) is 41.0 Å². The highest BCUT2D eigenvalue weighted by Gasteiger charge is 3.03. The van der Waals surface area contributed by atoms with Gasteiger partial charge in [0.15, 0.2) is 11.7 Å². The van der Waals surface area contributed by atoms with Gasteiger partial charge in [-0.15, -0.1) is 0 Å². The number of carbonyl (C=O) groups is 3. The lowest BCUT2D eigenvalue weighted by Gasteiger charge is -2.48. The average molecular weight is 422 g/mol. The summed E-state index contributed by atoms with van der Waals surface area (Å²) >= 11 is 0.